The molecule has 0 aliphatic rings. The van der Waals surface area contributed by atoms with Gasteiger partial charge in [0, 0.05) is 30.2 Å². The molecule has 0 atom stereocenters. The van der Waals surface area contributed by atoms with E-state index in [2.05, 4.69) is 21.2 Å². The van der Waals surface area contributed by atoms with Gasteiger partial charge in [-0.15, -0.1) is 0 Å². The van der Waals surface area contributed by atoms with E-state index in [-0.39, 0.29) is 18.4 Å². The molecule has 0 unspecified atom stereocenters. The maximum absolute atomic E-state index is 12.2. The molecule has 122 valence electrons. The van der Waals surface area contributed by atoms with Gasteiger partial charge >= 0.3 is 0 Å². The van der Waals surface area contributed by atoms with Gasteiger partial charge in [-0.05, 0) is 24.1 Å². The topological polar surface area (TPSA) is 58.6 Å². The molecule has 0 spiro atoms. The zero-order chi connectivity index (χ0) is 16.5. The minimum Gasteiger partial charge on any atom is -0.383 e. The summed E-state index contributed by atoms with van der Waals surface area (Å²) in [4.78, 5) is 26.0. The number of hydrogen-bond donors (Lipinski definition) is 1. The number of hydrogen-bond acceptors (Lipinski definition) is 3. The highest BCUT2D eigenvalue weighted by Crippen LogP contribution is 2.11. The summed E-state index contributed by atoms with van der Waals surface area (Å²) in [7, 11) is 1.60. The molecule has 0 saturated heterocycles. The lowest BCUT2D eigenvalue weighted by atomic mass is 10.2. The summed E-state index contributed by atoms with van der Waals surface area (Å²) in [5.41, 5.74) is 0.523. The van der Waals surface area contributed by atoms with Crippen molar-refractivity contribution < 1.29 is 14.3 Å². The number of halogens is 1. The highest BCUT2D eigenvalue weighted by Gasteiger charge is 2.16. The third-order valence-electron chi connectivity index (χ3n) is 2.99. The summed E-state index contributed by atoms with van der Waals surface area (Å²) in [6.45, 7) is 5.75. The molecule has 1 aromatic carbocycles. The maximum atomic E-state index is 12.2. The Labute approximate surface area is 140 Å². The number of amides is 2. The Kier molecular flexibility index (Phi) is 8.12. The van der Waals surface area contributed by atoms with E-state index in [1.165, 1.54) is 0 Å². The van der Waals surface area contributed by atoms with Crippen LogP contribution in [0.2, 0.25) is 0 Å². The highest BCUT2D eigenvalue weighted by molar-refractivity contribution is 9.10. The van der Waals surface area contributed by atoms with E-state index < -0.39 is 0 Å². The minimum absolute atomic E-state index is 0.0121. The fraction of sp³-hybridized carbons (Fsp3) is 0.500. The summed E-state index contributed by atoms with van der Waals surface area (Å²) >= 11 is 3.32. The van der Waals surface area contributed by atoms with Crippen LogP contribution in [0.25, 0.3) is 0 Å². The molecule has 0 saturated carbocycles. The molecule has 0 radical (unpaired) electrons. The summed E-state index contributed by atoms with van der Waals surface area (Å²) in [6.07, 6.45) is 0. The van der Waals surface area contributed by atoms with Gasteiger partial charge in [-0.2, -0.15) is 0 Å². The Hall–Kier alpha value is -1.40. The lowest BCUT2D eigenvalue weighted by Gasteiger charge is -2.24. The standard InChI is InChI=1S/C16H23BrN2O3/c1-12(2)11-19(7-8-22-3)15(20)10-18-16(21)13-5-4-6-14(17)9-13/h4-6,9,12H,7-8,10-11H2,1-3H3,(H,18,21). The van der Waals surface area contributed by atoms with Crippen molar-refractivity contribution in [3.63, 3.8) is 0 Å². The van der Waals surface area contributed by atoms with Gasteiger partial charge in [0.05, 0.1) is 13.2 Å². The molecule has 0 heterocycles. The van der Waals surface area contributed by atoms with Gasteiger partial charge in [-0.25, -0.2) is 0 Å². The fourth-order valence-corrected chi connectivity index (χ4v) is 2.36. The highest BCUT2D eigenvalue weighted by atomic mass is 79.9. The molecule has 6 heteroatoms. The average Bonchev–Trinajstić information content (AvgIpc) is 2.48. The smallest absolute Gasteiger partial charge is 0.251 e. The lowest BCUT2D eigenvalue weighted by Crippen LogP contribution is -2.43. The van der Waals surface area contributed by atoms with Crippen LogP contribution in [0.5, 0.6) is 0 Å². The van der Waals surface area contributed by atoms with Crippen LogP contribution in [0.15, 0.2) is 28.7 Å². The van der Waals surface area contributed by atoms with Crippen LogP contribution >= 0.6 is 15.9 Å². The Balaban J connectivity index is 2.56. The van der Waals surface area contributed by atoms with E-state index >= 15 is 0 Å². The molecule has 1 rings (SSSR count). The average molecular weight is 371 g/mol. The number of carbonyl (C=O) groups is 2. The number of nitrogens with zero attached hydrogens (tertiary/aromatic N) is 1. The van der Waals surface area contributed by atoms with E-state index in [0.717, 1.165) is 4.47 Å². The minimum atomic E-state index is -0.258. The first-order chi connectivity index (χ1) is 10.4. The summed E-state index contributed by atoms with van der Waals surface area (Å²) in [5.74, 6) is 0.00146. The molecule has 1 aromatic rings. The number of rotatable bonds is 8. The molecular formula is C16H23BrN2O3. The summed E-state index contributed by atoms with van der Waals surface area (Å²) < 4.78 is 5.85. The molecule has 0 bridgehead atoms. The number of carbonyl (C=O) groups excluding carboxylic acids is 2. The lowest BCUT2D eigenvalue weighted by molar-refractivity contribution is -0.131. The largest absolute Gasteiger partial charge is 0.383 e. The Bertz CT molecular complexity index is 506. The zero-order valence-corrected chi connectivity index (χ0v) is 14.9. The summed E-state index contributed by atoms with van der Waals surface area (Å²) in [5, 5.41) is 2.66. The second-order valence-corrected chi connectivity index (χ2v) is 6.34. The van der Waals surface area contributed by atoms with Gasteiger partial charge < -0.3 is 15.0 Å². The maximum Gasteiger partial charge on any atom is 0.251 e. The molecular weight excluding hydrogens is 348 g/mol. The Morgan fingerprint density at radius 1 is 1.36 bits per heavy atom. The predicted octanol–water partition coefficient (Wildman–Crippen LogP) is 2.31. The number of benzene rings is 1. The quantitative estimate of drug-likeness (QED) is 0.763. The molecule has 2 amide bonds. The summed E-state index contributed by atoms with van der Waals surface area (Å²) in [6, 6.07) is 7.06. The zero-order valence-electron chi connectivity index (χ0n) is 13.3. The molecule has 1 N–H and O–H groups in total. The van der Waals surface area contributed by atoms with Crippen molar-refractivity contribution >= 4 is 27.7 Å². The number of ether oxygens (including phenoxy) is 1. The van der Waals surface area contributed by atoms with Gasteiger partial charge in [0.2, 0.25) is 5.91 Å². The monoisotopic (exact) mass is 370 g/mol. The first-order valence-electron chi connectivity index (χ1n) is 7.24. The van der Waals surface area contributed by atoms with Crippen molar-refractivity contribution in [2.75, 3.05) is 33.4 Å². The Morgan fingerprint density at radius 2 is 2.09 bits per heavy atom. The molecule has 22 heavy (non-hydrogen) atoms. The normalized spacial score (nSPS) is 10.6. The van der Waals surface area contributed by atoms with Crippen molar-refractivity contribution in [2.45, 2.75) is 13.8 Å². The van der Waals surface area contributed by atoms with Crippen molar-refractivity contribution in [3.8, 4) is 0 Å². The van der Waals surface area contributed by atoms with Crippen molar-refractivity contribution in [3.05, 3.63) is 34.3 Å². The fourth-order valence-electron chi connectivity index (χ4n) is 1.96. The van der Waals surface area contributed by atoms with Gasteiger partial charge in [-0.3, -0.25) is 9.59 Å². The second kappa shape index (κ2) is 9.58. The van der Waals surface area contributed by atoms with E-state index in [0.29, 0.717) is 31.2 Å². The molecule has 5 nitrogen and oxygen atoms in total. The Morgan fingerprint density at radius 3 is 2.68 bits per heavy atom. The molecule has 0 aliphatic heterocycles. The predicted molar refractivity (Wildman–Crippen MR) is 89.8 cm³/mol. The van der Waals surface area contributed by atoms with Gasteiger partial charge in [-0.1, -0.05) is 35.8 Å². The first-order valence-corrected chi connectivity index (χ1v) is 8.03. The third-order valence-corrected chi connectivity index (χ3v) is 3.48. The van der Waals surface area contributed by atoms with Gasteiger partial charge in [0.1, 0.15) is 0 Å². The number of methoxy groups -OCH3 is 1. The van der Waals surface area contributed by atoms with E-state index in [1.54, 1.807) is 30.2 Å². The van der Waals surface area contributed by atoms with E-state index in [9.17, 15) is 9.59 Å². The molecule has 0 aliphatic carbocycles. The molecule has 0 aromatic heterocycles. The van der Waals surface area contributed by atoms with Gasteiger partial charge in [0.25, 0.3) is 5.91 Å². The van der Waals surface area contributed by atoms with Gasteiger partial charge in [0.15, 0.2) is 0 Å². The van der Waals surface area contributed by atoms with Crippen LogP contribution in [-0.2, 0) is 9.53 Å². The van der Waals surface area contributed by atoms with Crippen LogP contribution < -0.4 is 5.32 Å². The van der Waals surface area contributed by atoms with E-state index in [4.69, 9.17) is 4.74 Å². The number of nitrogens with one attached hydrogen (secondary N) is 1. The van der Waals surface area contributed by atoms with Crippen LogP contribution in [0.1, 0.15) is 24.2 Å². The van der Waals surface area contributed by atoms with Crippen molar-refractivity contribution in [1.29, 1.82) is 0 Å². The molecule has 0 fully saturated rings. The van der Waals surface area contributed by atoms with Crippen LogP contribution in [0.3, 0.4) is 0 Å². The first kappa shape index (κ1) is 18.6. The second-order valence-electron chi connectivity index (χ2n) is 5.42. The van der Waals surface area contributed by atoms with Crippen LogP contribution in [0, 0.1) is 5.92 Å². The van der Waals surface area contributed by atoms with Crippen molar-refractivity contribution in [1.82, 2.24) is 10.2 Å². The SMILES string of the molecule is COCCN(CC(C)C)C(=O)CNC(=O)c1cccc(Br)c1. The van der Waals surface area contributed by atoms with Crippen LogP contribution in [0.4, 0.5) is 0 Å². The third kappa shape index (κ3) is 6.58. The van der Waals surface area contributed by atoms with Crippen molar-refractivity contribution in [2.24, 2.45) is 5.92 Å². The van der Waals surface area contributed by atoms with E-state index in [1.807, 2.05) is 19.9 Å². The van der Waals surface area contributed by atoms with Crippen LogP contribution in [-0.4, -0.2) is 50.1 Å².